The van der Waals surface area contributed by atoms with E-state index in [9.17, 15) is 4.79 Å². The SMILES string of the molecule is COc1cccc(C(CNC(=O)COc2ccccc2-c2ccccc2)N(C)C)c1. The lowest BCUT2D eigenvalue weighted by molar-refractivity contribution is -0.123. The number of nitrogens with zero attached hydrogens (tertiary/aromatic N) is 1. The molecule has 0 saturated heterocycles. The number of benzene rings is 3. The van der Waals surface area contributed by atoms with E-state index in [1.807, 2.05) is 93.0 Å². The summed E-state index contributed by atoms with van der Waals surface area (Å²) in [4.78, 5) is 14.5. The molecule has 0 bridgehead atoms. The van der Waals surface area contributed by atoms with Gasteiger partial charge in [0, 0.05) is 12.1 Å². The molecular weight excluding hydrogens is 376 g/mol. The lowest BCUT2D eigenvalue weighted by atomic mass is 10.1. The Kier molecular flexibility index (Phi) is 7.46. The highest BCUT2D eigenvalue weighted by atomic mass is 16.5. The molecule has 1 amide bonds. The van der Waals surface area contributed by atoms with Crippen molar-refractivity contribution in [3.8, 4) is 22.6 Å². The second kappa shape index (κ2) is 10.5. The lowest BCUT2D eigenvalue weighted by Gasteiger charge is -2.25. The lowest BCUT2D eigenvalue weighted by Crippen LogP contribution is -2.36. The van der Waals surface area contributed by atoms with Gasteiger partial charge in [0.05, 0.1) is 13.2 Å². The Bertz CT molecular complexity index is 957. The molecule has 0 saturated carbocycles. The molecule has 0 fully saturated rings. The van der Waals surface area contributed by atoms with Gasteiger partial charge in [-0.15, -0.1) is 0 Å². The first-order valence-corrected chi connectivity index (χ1v) is 9.93. The van der Waals surface area contributed by atoms with Gasteiger partial charge in [-0.3, -0.25) is 4.79 Å². The van der Waals surface area contributed by atoms with Crippen molar-refractivity contribution in [2.75, 3.05) is 34.4 Å². The summed E-state index contributed by atoms with van der Waals surface area (Å²) < 4.78 is 11.2. The van der Waals surface area contributed by atoms with E-state index in [2.05, 4.69) is 10.2 Å². The van der Waals surface area contributed by atoms with Crippen molar-refractivity contribution in [2.45, 2.75) is 6.04 Å². The first-order valence-electron chi connectivity index (χ1n) is 9.93. The van der Waals surface area contributed by atoms with E-state index in [4.69, 9.17) is 9.47 Å². The van der Waals surface area contributed by atoms with E-state index in [1.165, 1.54) is 0 Å². The first-order chi connectivity index (χ1) is 14.6. The zero-order valence-electron chi connectivity index (χ0n) is 17.7. The number of carbonyl (C=O) groups excluding carboxylic acids is 1. The second-order valence-corrected chi connectivity index (χ2v) is 7.21. The van der Waals surface area contributed by atoms with E-state index >= 15 is 0 Å². The third-order valence-corrected chi connectivity index (χ3v) is 4.93. The highest BCUT2D eigenvalue weighted by Gasteiger charge is 2.16. The van der Waals surface area contributed by atoms with Crippen LogP contribution in [0.3, 0.4) is 0 Å². The first kappa shape index (κ1) is 21.4. The number of ether oxygens (including phenoxy) is 2. The van der Waals surface area contributed by atoms with E-state index in [0.717, 1.165) is 22.4 Å². The van der Waals surface area contributed by atoms with Crippen LogP contribution in [0.15, 0.2) is 78.9 Å². The third-order valence-electron chi connectivity index (χ3n) is 4.93. The molecule has 0 radical (unpaired) electrons. The molecule has 5 nitrogen and oxygen atoms in total. The summed E-state index contributed by atoms with van der Waals surface area (Å²) in [5.74, 6) is 1.33. The summed E-state index contributed by atoms with van der Waals surface area (Å²) in [6.45, 7) is 0.435. The number of carbonyl (C=O) groups is 1. The third kappa shape index (κ3) is 5.61. The van der Waals surface area contributed by atoms with Crippen LogP contribution < -0.4 is 14.8 Å². The Morgan fingerprint density at radius 2 is 1.70 bits per heavy atom. The van der Waals surface area contributed by atoms with Gasteiger partial charge in [-0.2, -0.15) is 0 Å². The van der Waals surface area contributed by atoms with Crippen molar-refractivity contribution in [1.82, 2.24) is 10.2 Å². The van der Waals surface area contributed by atoms with E-state index in [1.54, 1.807) is 7.11 Å². The van der Waals surface area contributed by atoms with Gasteiger partial charge in [0.15, 0.2) is 6.61 Å². The summed E-state index contributed by atoms with van der Waals surface area (Å²) >= 11 is 0. The van der Waals surface area contributed by atoms with Gasteiger partial charge in [0.25, 0.3) is 5.91 Å². The zero-order valence-corrected chi connectivity index (χ0v) is 17.7. The quantitative estimate of drug-likeness (QED) is 0.582. The molecule has 5 heteroatoms. The molecule has 156 valence electrons. The fraction of sp³-hybridized carbons (Fsp3) is 0.240. The summed E-state index contributed by atoms with van der Waals surface area (Å²) in [6.07, 6.45) is 0. The highest BCUT2D eigenvalue weighted by molar-refractivity contribution is 5.78. The summed E-state index contributed by atoms with van der Waals surface area (Å²) in [5, 5.41) is 2.98. The van der Waals surface area contributed by atoms with Gasteiger partial charge < -0.3 is 19.7 Å². The molecule has 3 aromatic rings. The van der Waals surface area contributed by atoms with Crippen LogP contribution in [0.1, 0.15) is 11.6 Å². The molecule has 1 N–H and O–H groups in total. The van der Waals surface area contributed by atoms with Gasteiger partial charge in [0.1, 0.15) is 11.5 Å². The summed E-state index contributed by atoms with van der Waals surface area (Å²) in [7, 11) is 5.63. The number of rotatable bonds is 9. The van der Waals surface area contributed by atoms with Crippen molar-refractivity contribution in [2.24, 2.45) is 0 Å². The fourth-order valence-corrected chi connectivity index (χ4v) is 3.30. The predicted molar refractivity (Wildman–Crippen MR) is 120 cm³/mol. The van der Waals surface area contributed by atoms with Crippen LogP contribution in [0.25, 0.3) is 11.1 Å². The number of para-hydroxylation sites is 1. The largest absolute Gasteiger partial charge is 0.497 e. The molecule has 1 unspecified atom stereocenters. The van der Waals surface area contributed by atoms with Crippen molar-refractivity contribution in [3.63, 3.8) is 0 Å². The van der Waals surface area contributed by atoms with E-state index < -0.39 is 0 Å². The number of likely N-dealkylation sites (N-methyl/N-ethyl adjacent to an activating group) is 1. The normalized spacial score (nSPS) is 11.7. The topological polar surface area (TPSA) is 50.8 Å². The molecule has 0 aliphatic rings. The number of hydrogen-bond donors (Lipinski definition) is 1. The minimum Gasteiger partial charge on any atom is -0.497 e. The minimum absolute atomic E-state index is 0.0284. The monoisotopic (exact) mass is 404 g/mol. The standard InChI is InChI=1S/C25H28N2O3/c1-27(2)23(20-12-9-13-21(16-20)29-3)17-26-25(28)18-30-24-15-8-7-14-22(24)19-10-5-4-6-11-19/h4-16,23H,17-18H2,1-3H3,(H,26,28). The van der Waals surface area contributed by atoms with Crippen molar-refractivity contribution in [1.29, 1.82) is 0 Å². The van der Waals surface area contributed by atoms with Crippen LogP contribution in [0, 0.1) is 0 Å². The van der Waals surface area contributed by atoms with Crippen LogP contribution in [0.2, 0.25) is 0 Å². The van der Waals surface area contributed by atoms with Crippen molar-refractivity contribution < 1.29 is 14.3 Å². The van der Waals surface area contributed by atoms with Crippen LogP contribution in [0.4, 0.5) is 0 Å². The molecule has 0 heterocycles. The number of methoxy groups -OCH3 is 1. The Balaban J connectivity index is 1.61. The summed E-state index contributed by atoms with van der Waals surface area (Å²) in [6, 6.07) is 25.7. The van der Waals surface area contributed by atoms with Gasteiger partial charge in [-0.25, -0.2) is 0 Å². The maximum absolute atomic E-state index is 12.5. The Morgan fingerprint density at radius 3 is 2.43 bits per heavy atom. The molecule has 0 spiro atoms. The Hall–Kier alpha value is -3.31. The van der Waals surface area contributed by atoms with Crippen LogP contribution >= 0.6 is 0 Å². The number of amides is 1. The zero-order chi connectivity index (χ0) is 21.3. The average molecular weight is 405 g/mol. The van der Waals surface area contributed by atoms with Gasteiger partial charge in [0.2, 0.25) is 0 Å². The van der Waals surface area contributed by atoms with Crippen molar-refractivity contribution >= 4 is 5.91 Å². The Labute approximate surface area is 178 Å². The maximum atomic E-state index is 12.5. The van der Waals surface area contributed by atoms with Gasteiger partial charge >= 0.3 is 0 Å². The molecule has 3 rings (SSSR count). The molecule has 0 aliphatic heterocycles. The molecule has 3 aromatic carbocycles. The summed E-state index contributed by atoms with van der Waals surface area (Å²) in [5.41, 5.74) is 3.10. The number of hydrogen-bond acceptors (Lipinski definition) is 4. The highest BCUT2D eigenvalue weighted by Crippen LogP contribution is 2.29. The fourth-order valence-electron chi connectivity index (χ4n) is 3.30. The minimum atomic E-state index is -0.160. The number of nitrogens with one attached hydrogen (secondary N) is 1. The molecule has 0 aromatic heterocycles. The second-order valence-electron chi connectivity index (χ2n) is 7.21. The van der Waals surface area contributed by atoms with Crippen LogP contribution in [-0.4, -0.2) is 45.2 Å². The molecular formula is C25H28N2O3. The molecule has 0 aliphatic carbocycles. The smallest absolute Gasteiger partial charge is 0.258 e. The van der Waals surface area contributed by atoms with Crippen LogP contribution in [0.5, 0.6) is 11.5 Å². The molecule has 30 heavy (non-hydrogen) atoms. The molecule has 1 atom stereocenters. The van der Waals surface area contributed by atoms with Gasteiger partial charge in [-0.1, -0.05) is 60.7 Å². The van der Waals surface area contributed by atoms with Crippen LogP contribution in [-0.2, 0) is 4.79 Å². The Morgan fingerprint density at radius 1 is 0.967 bits per heavy atom. The van der Waals surface area contributed by atoms with Crippen molar-refractivity contribution in [3.05, 3.63) is 84.4 Å². The van der Waals surface area contributed by atoms with Gasteiger partial charge in [-0.05, 0) is 43.4 Å². The maximum Gasteiger partial charge on any atom is 0.258 e. The predicted octanol–water partition coefficient (Wildman–Crippen LogP) is 4.16. The van der Waals surface area contributed by atoms with E-state index in [-0.39, 0.29) is 18.6 Å². The van der Waals surface area contributed by atoms with E-state index in [0.29, 0.717) is 12.3 Å². The average Bonchev–Trinajstić information content (AvgIpc) is 2.78.